The van der Waals surface area contributed by atoms with Crippen LogP contribution in [0.4, 0.5) is 5.13 Å². The molecule has 1 saturated heterocycles. The number of carboxylic acid groups (broad SMARTS) is 2. The number of benzene rings is 1. The van der Waals surface area contributed by atoms with Gasteiger partial charge in [-0.15, -0.1) is 23.1 Å². The molecule has 18 nitrogen and oxygen atoms in total. The molecule has 0 aliphatic carbocycles. The first-order valence-corrected chi connectivity index (χ1v) is 16.2. The quantitative estimate of drug-likeness (QED) is 0.0440. The summed E-state index contributed by atoms with van der Waals surface area (Å²) >= 11 is 2.08. The number of β-lactam (4-membered cyclic amide) rings is 1. The number of aromatic nitrogens is 2. The van der Waals surface area contributed by atoms with Crippen molar-refractivity contribution in [3.05, 3.63) is 75.7 Å². The van der Waals surface area contributed by atoms with E-state index in [0.717, 1.165) is 40.1 Å². The molecule has 1 aromatic carbocycles. The Morgan fingerprint density at radius 1 is 1.14 bits per heavy atom. The Morgan fingerprint density at radius 2 is 1.88 bits per heavy atom. The highest BCUT2D eigenvalue weighted by Gasteiger charge is 2.54. The summed E-state index contributed by atoms with van der Waals surface area (Å²) in [4.78, 5) is 90.8. The van der Waals surface area contributed by atoms with Crippen LogP contribution in [0.15, 0.2) is 58.3 Å². The number of nitrogens with two attached hydrogens (primary N) is 1. The van der Waals surface area contributed by atoms with Gasteiger partial charge in [-0.2, -0.15) is 0 Å². The van der Waals surface area contributed by atoms with E-state index >= 15 is 0 Å². The first-order chi connectivity index (χ1) is 23.6. The van der Waals surface area contributed by atoms with Gasteiger partial charge in [0.05, 0.1) is 5.56 Å². The number of carboxylic acids is 2. The molecule has 2 atom stereocenters. The fraction of sp³-hybridized carbons (Fsp3) is 0.233. The van der Waals surface area contributed by atoms with Crippen molar-refractivity contribution >= 4 is 69.4 Å². The predicted octanol–water partition coefficient (Wildman–Crippen LogP) is 0.515. The van der Waals surface area contributed by atoms with Crippen LogP contribution < -0.4 is 16.4 Å². The van der Waals surface area contributed by atoms with Gasteiger partial charge in [0, 0.05) is 29.4 Å². The van der Waals surface area contributed by atoms with Crippen molar-refractivity contribution in [3.8, 4) is 11.5 Å². The highest BCUT2D eigenvalue weighted by molar-refractivity contribution is 8.00. The summed E-state index contributed by atoms with van der Waals surface area (Å²) < 4.78 is 0. The third-order valence-corrected chi connectivity index (χ3v) is 9.38. The Hall–Kier alpha value is -6.02. The maximum Gasteiger partial charge on any atom is 0.352 e. The van der Waals surface area contributed by atoms with E-state index in [1.165, 1.54) is 43.6 Å². The summed E-state index contributed by atoms with van der Waals surface area (Å²) in [7, 11) is 0. The number of nitrogen functional groups attached to an aromatic ring is 1. The highest BCUT2D eigenvalue weighted by Crippen LogP contribution is 2.40. The second-order valence-corrected chi connectivity index (χ2v) is 13.1. The number of nitrogens with zero attached hydrogens (tertiary/aromatic N) is 4. The van der Waals surface area contributed by atoms with Crippen molar-refractivity contribution < 1.29 is 54.0 Å². The van der Waals surface area contributed by atoms with E-state index < -0.39 is 75.4 Å². The molecule has 0 bridgehead atoms. The van der Waals surface area contributed by atoms with Gasteiger partial charge in [0.25, 0.3) is 17.7 Å². The number of carbonyl (C=O) groups is 6. The van der Waals surface area contributed by atoms with Crippen LogP contribution in [-0.2, 0) is 24.0 Å². The molecule has 260 valence electrons. The number of amides is 3. The van der Waals surface area contributed by atoms with Crippen LogP contribution in [0, 0.1) is 0 Å². The third-order valence-electron chi connectivity index (χ3n) is 7.36. The SMILES string of the molecule is CC(C)(O/N=C(\C(=O)NC1C(=O)N2C(C(=O)O)=C(CNC(=O)c3ncccc3C(=O)c3ccc(O)c(O)c3)CS[C@@H]12)c1csc(N)n1)C(=O)O. The molecule has 1 unspecified atom stereocenters. The van der Waals surface area contributed by atoms with Crippen LogP contribution in [-0.4, -0.2) is 106 Å². The van der Waals surface area contributed by atoms with Gasteiger partial charge in [-0.1, -0.05) is 5.16 Å². The molecule has 2 aromatic heterocycles. The van der Waals surface area contributed by atoms with E-state index in [0.29, 0.717) is 0 Å². The van der Waals surface area contributed by atoms with E-state index in [4.69, 9.17) is 10.6 Å². The minimum Gasteiger partial charge on any atom is -0.504 e. The largest absolute Gasteiger partial charge is 0.504 e. The fourth-order valence-corrected chi connectivity index (χ4v) is 6.58. The molecule has 4 heterocycles. The second kappa shape index (κ2) is 13.8. The number of fused-ring (bicyclic) bond motifs is 1. The maximum atomic E-state index is 13.3. The van der Waals surface area contributed by atoms with Gasteiger partial charge in [-0.05, 0) is 49.8 Å². The van der Waals surface area contributed by atoms with Crippen LogP contribution in [0.5, 0.6) is 11.5 Å². The number of thiazole rings is 1. The number of phenolic OH excluding ortho intramolecular Hbond substituents is 2. The van der Waals surface area contributed by atoms with Crippen LogP contribution in [0.2, 0.25) is 0 Å². The number of hydrogen-bond donors (Lipinski definition) is 7. The van der Waals surface area contributed by atoms with Crippen LogP contribution >= 0.6 is 23.1 Å². The summed E-state index contributed by atoms with van der Waals surface area (Å²) in [6.07, 6.45) is 1.27. The molecule has 0 radical (unpaired) electrons. The Kier molecular flexibility index (Phi) is 9.77. The van der Waals surface area contributed by atoms with E-state index in [9.17, 15) is 49.2 Å². The number of rotatable bonds is 12. The predicted molar refractivity (Wildman–Crippen MR) is 175 cm³/mol. The summed E-state index contributed by atoms with van der Waals surface area (Å²) in [5, 5.41) is 48.1. The van der Waals surface area contributed by atoms with Gasteiger partial charge in [-0.25, -0.2) is 14.6 Å². The van der Waals surface area contributed by atoms with Gasteiger partial charge >= 0.3 is 11.9 Å². The van der Waals surface area contributed by atoms with Crippen LogP contribution in [0.1, 0.15) is 46.0 Å². The topological polar surface area (TPSA) is 284 Å². The summed E-state index contributed by atoms with van der Waals surface area (Å²) in [6, 6.07) is 4.93. The van der Waals surface area contributed by atoms with Gasteiger partial charge in [0.2, 0.25) is 5.60 Å². The van der Waals surface area contributed by atoms with Gasteiger partial charge in [0.1, 0.15) is 28.5 Å². The first kappa shape index (κ1) is 35.3. The molecule has 0 saturated carbocycles. The average molecular weight is 726 g/mol. The molecule has 5 rings (SSSR count). The Morgan fingerprint density at radius 3 is 2.52 bits per heavy atom. The van der Waals surface area contributed by atoms with Gasteiger partial charge in [-0.3, -0.25) is 29.1 Å². The van der Waals surface area contributed by atoms with Crippen molar-refractivity contribution in [1.29, 1.82) is 0 Å². The maximum absolute atomic E-state index is 13.3. The van der Waals surface area contributed by atoms with Crippen molar-refractivity contribution in [3.63, 3.8) is 0 Å². The number of anilines is 1. The van der Waals surface area contributed by atoms with Crippen molar-refractivity contribution in [2.45, 2.75) is 30.9 Å². The molecule has 0 spiro atoms. The van der Waals surface area contributed by atoms with Crippen molar-refractivity contribution in [2.24, 2.45) is 5.16 Å². The molecule has 3 aromatic rings. The zero-order chi connectivity index (χ0) is 36.5. The number of pyridine rings is 1. The number of ketones is 1. The number of aromatic hydroxyl groups is 2. The fourth-order valence-electron chi connectivity index (χ4n) is 4.69. The lowest BCUT2D eigenvalue weighted by atomic mass is 10.0. The number of carbonyl (C=O) groups excluding carboxylic acids is 4. The number of phenols is 2. The third kappa shape index (κ3) is 6.91. The number of aliphatic carboxylic acids is 2. The van der Waals surface area contributed by atoms with Gasteiger partial charge < -0.3 is 41.6 Å². The Balaban J connectivity index is 1.31. The van der Waals surface area contributed by atoms with Crippen LogP contribution in [0.3, 0.4) is 0 Å². The Labute approximate surface area is 289 Å². The van der Waals surface area contributed by atoms with Crippen molar-refractivity contribution in [2.75, 3.05) is 18.0 Å². The lowest BCUT2D eigenvalue weighted by Crippen LogP contribution is -2.71. The average Bonchev–Trinajstić information content (AvgIpc) is 3.51. The minimum atomic E-state index is -1.83. The minimum absolute atomic E-state index is 0.0169. The Bertz CT molecular complexity index is 2010. The molecule has 3 amide bonds. The molecule has 2 aliphatic heterocycles. The zero-order valence-electron chi connectivity index (χ0n) is 25.9. The highest BCUT2D eigenvalue weighted by atomic mass is 32.2. The normalized spacial score (nSPS) is 17.4. The number of thioether (sulfide) groups is 1. The lowest BCUT2D eigenvalue weighted by Gasteiger charge is -2.49. The summed E-state index contributed by atoms with van der Waals surface area (Å²) in [5.74, 6) is -7.06. The van der Waals surface area contributed by atoms with E-state index in [2.05, 4.69) is 25.8 Å². The molecular formula is C30H27N7O11S2. The zero-order valence-corrected chi connectivity index (χ0v) is 27.6. The van der Waals surface area contributed by atoms with Gasteiger partial charge in [0.15, 0.2) is 28.1 Å². The number of nitrogens with one attached hydrogen (secondary N) is 2. The summed E-state index contributed by atoms with van der Waals surface area (Å²) in [5.41, 5.74) is 2.64. The van der Waals surface area contributed by atoms with E-state index in [1.54, 1.807) is 0 Å². The first-order valence-electron chi connectivity index (χ1n) is 14.3. The molecule has 50 heavy (non-hydrogen) atoms. The monoisotopic (exact) mass is 725 g/mol. The molecule has 2 aliphatic rings. The lowest BCUT2D eigenvalue weighted by molar-refractivity contribution is -0.161. The number of oxime groups is 1. The summed E-state index contributed by atoms with van der Waals surface area (Å²) in [6.45, 7) is 2.06. The second-order valence-electron chi connectivity index (χ2n) is 11.2. The molecule has 8 N–H and O–H groups in total. The van der Waals surface area contributed by atoms with Crippen molar-refractivity contribution in [1.82, 2.24) is 25.5 Å². The van der Waals surface area contributed by atoms with Crippen LogP contribution in [0.25, 0.3) is 0 Å². The van der Waals surface area contributed by atoms with E-state index in [1.807, 2.05) is 0 Å². The smallest absolute Gasteiger partial charge is 0.352 e. The molecule has 1 fully saturated rings. The standard InChI is InChI=1S/C30H27N7O11S2/c1-30(2,28(46)47)48-36-19(15-11-50-29(31)34-15)24(42)35-20-25(43)37-21(27(44)45)13(10-49-26(20)37)9-33-23(41)18-14(4-3-7-32-18)22(40)12-5-6-16(38)17(39)8-12/h3-8,11,20,26,38-39H,9-10H2,1-2H3,(H2,31,34)(H,33,41)(H,35,42)(H,44,45)(H,46,47)/b36-19-/t20?,26-/m0/s1. The molecule has 20 heteroatoms. The van der Waals surface area contributed by atoms with E-state index in [-0.39, 0.29) is 45.5 Å². The molecular weight excluding hydrogens is 699 g/mol. The number of hydrogen-bond acceptors (Lipinski definition) is 15.